The number of likely N-dealkylation sites (tertiary alicyclic amines) is 1. The Morgan fingerprint density at radius 2 is 2.24 bits per heavy atom. The molecule has 0 aliphatic carbocycles. The number of nitrogens with two attached hydrogens (primary N) is 2. The summed E-state index contributed by atoms with van der Waals surface area (Å²) < 4.78 is 7.00. The standard InChI is InChI=1S/C20H25N7O2/c1-13-3-2-4-15(9-13)25-19-18-14(5-8-27(18)24-12-23-19)10-26-7-6-16(21)17(11-26)29-20(22)28/h2-5,8-9,12,16-17H,6-7,10-11,21H2,1H3,(H2,22,28)(H,23,24,25)/t16-,17-/m1/s1. The second kappa shape index (κ2) is 8.06. The summed E-state index contributed by atoms with van der Waals surface area (Å²) in [4.78, 5) is 17.8. The Hall–Kier alpha value is -3.17. The van der Waals surface area contributed by atoms with E-state index < -0.39 is 12.2 Å². The van der Waals surface area contributed by atoms with Crippen molar-refractivity contribution in [2.45, 2.75) is 32.0 Å². The molecule has 1 aliphatic heterocycles. The van der Waals surface area contributed by atoms with Crippen LogP contribution in [0.2, 0.25) is 0 Å². The zero-order chi connectivity index (χ0) is 20.4. The first-order valence-electron chi connectivity index (χ1n) is 9.58. The molecule has 0 spiro atoms. The van der Waals surface area contributed by atoms with Gasteiger partial charge in [0.25, 0.3) is 0 Å². The number of rotatable bonds is 5. The molecule has 4 rings (SSSR count). The first-order chi connectivity index (χ1) is 14.0. The quantitative estimate of drug-likeness (QED) is 0.601. The smallest absolute Gasteiger partial charge is 0.404 e. The van der Waals surface area contributed by atoms with Gasteiger partial charge < -0.3 is 21.5 Å². The zero-order valence-corrected chi connectivity index (χ0v) is 16.3. The van der Waals surface area contributed by atoms with Crippen molar-refractivity contribution >= 4 is 23.1 Å². The number of nitrogens with zero attached hydrogens (tertiary/aromatic N) is 4. The average Bonchev–Trinajstić information content (AvgIpc) is 3.08. The summed E-state index contributed by atoms with van der Waals surface area (Å²) in [6, 6.07) is 9.96. The molecule has 5 N–H and O–H groups in total. The Labute approximate surface area is 168 Å². The molecule has 1 saturated heterocycles. The molecule has 3 aromatic rings. The van der Waals surface area contributed by atoms with Crippen molar-refractivity contribution in [1.29, 1.82) is 0 Å². The summed E-state index contributed by atoms with van der Waals surface area (Å²) in [5.41, 5.74) is 15.4. The van der Waals surface area contributed by atoms with E-state index in [4.69, 9.17) is 16.2 Å². The van der Waals surface area contributed by atoms with Crippen LogP contribution >= 0.6 is 0 Å². The fourth-order valence-corrected chi connectivity index (χ4v) is 3.75. The van der Waals surface area contributed by atoms with Gasteiger partial charge >= 0.3 is 6.09 Å². The van der Waals surface area contributed by atoms with Crippen LogP contribution in [0.15, 0.2) is 42.9 Å². The summed E-state index contributed by atoms with van der Waals surface area (Å²) >= 11 is 0. The highest BCUT2D eigenvalue weighted by molar-refractivity contribution is 5.76. The zero-order valence-electron chi connectivity index (χ0n) is 16.3. The van der Waals surface area contributed by atoms with Crippen molar-refractivity contribution in [3.8, 4) is 0 Å². The lowest BCUT2D eigenvalue weighted by molar-refractivity contribution is 0.0313. The highest BCUT2D eigenvalue weighted by atomic mass is 16.6. The van der Waals surface area contributed by atoms with E-state index in [2.05, 4.69) is 39.4 Å². The molecule has 1 aliphatic rings. The second-order valence-corrected chi connectivity index (χ2v) is 7.40. The van der Waals surface area contributed by atoms with Crippen LogP contribution in [0, 0.1) is 6.92 Å². The molecule has 2 atom stereocenters. The van der Waals surface area contributed by atoms with Gasteiger partial charge in [-0.2, -0.15) is 5.10 Å². The molecule has 9 nitrogen and oxygen atoms in total. The minimum absolute atomic E-state index is 0.202. The lowest BCUT2D eigenvalue weighted by Gasteiger charge is -2.35. The minimum Gasteiger partial charge on any atom is -0.443 e. The van der Waals surface area contributed by atoms with Crippen LogP contribution in [0.25, 0.3) is 5.52 Å². The molecular formula is C20H25N7O2. The number of anilines is 2. The van der Waals surface area contributed by atoms with E-state index in [1.807, 2.05) is 28.9 Å². The van der Waals surface area contributed by atoms with E-state index in [1.165, 1.54) is 11.9 Å². The molecule has 9 heteroatoms. The topological polar surface area (TPSA) is 124 Å². The van der Waals surface area contributed by atoms with Crippen molar-refractivity contribution in [3.63, 3.8) is 0 Å². The molecular weight excluding hydrogens is 370 g/mol. The third-order valence-electron chi connectivity index (χ3n) is 5.17. The summed E-state index contributed by atoms with van der Waals surface area (Å²) in [6.45, 7) is 4.06. The third kappa shape index (κ3) is 4.30. The molecule has 1 aromatic carbocycles. The van der Waals surface area contributed by atoms with Gasteiger partial charge in [0.2, 0.25) is 0 Å². The van der Waals surface area contributed by atoms with Crippen LogP contribution in [0.1, 0.15) is 17.5 Å². The van der Waals surface area contributed by atoms with Gasteiger partial charge in [0, 0.05) is 37.6 Å². The molecule has 2 aromatic heterocycles. The predicted molar refractivity (Wildman–Crippen MR) is 110 cm³/mol. The second-order valence-electron chi connectivity index (χ2n) is 7.40. The summed E-state index contributed by atoms with van der Waals surface area (Å²) in [5.74, 6) is 0.740. The number of primary amides is 1. The van der Waals surface area contributed by atoms with E-state index in [9.17, 15) is 4.79 Å². The molecule has 1 fully saturated rings. The number of aromatic nitrogens is 3. The third-order valence-corrected chi connectivity index (χ3v) is 5.17. The van der Waals surface area contributed by atoms with Gasteiger partial charge in [-0.05, 0) is 42.7 Å². The Balaban J connectivity index is 1.57. The van der Waals surface area contributed by atoms with Crippen molar-refractivity contribution < 1.29 is 9.53 Å². The number of nitrogens with one attached hydrogen (secondary N) is 1. The number of carbonyl (C=O) groups is 1. The van der Waals surface area contributed by atoms with E-state index in [-0.39, 0.29) is 6.04 Å². The summed E-state index contributed by atoms with van der Waals surface area (Å²) in [7, 11) is 0. The first-order valence-corrected chi connectivity index (χ1v) is 9.58. The van der Waals surface area contributed by atoms with Crippen molar-refractivity contribution in [1.82, 2.24) is 19.5 Å². The largest absolute Gasteiger partial charge is 0.443 e. The van der Waals surface area contributed by atoms with Crippen molar-refractivity contribution in [3.05, 3.63) is 54.0 Å². The number of benzene rings is 1. The Morgan fingerprint density at radius 1 is 1.38 bits per heavy atom. The average molecular weight is 395 g/mol. The number of carbonyl (C=O) groups excluding carboxylic acids is 1. The number of fused-ring (bicyclic) bond motifs is 1. The SMILES string of the molecule is Cc1cccc(Nc2ncnn3ccc(CN4CC[C@@H](N)[C@H](OC(N)=O)C4)c23)c1. The monoisotopic (exact) mass is 395 g/mol. The van der Waals surface area contributed by atoms with Crippen LogP contribution in [-0.2, 0) is 11.3 Å². The number of hydrogen-bond acceptors (Lipinski definition) is 7. The fourth-order valence-electron chi connectivity index (χ4n) is 3.75. The van der Waals surface area contributed by atoms with Crippen LogP contribution in [-0.4, -0.2) is 50.8 Å². The molecule has 0 radical (unpaired) electrons. The Bertz CT molecular complexity index is 1020. The van der Waals surface area contributed by atoms with Crippen molar-refractivity contribution in [2.75, 3.05) is 18.4 Å². The maximum atomic E-state index is 11.2. The van der Waals surface area contributed by atoms with E-state index in [0.717, 1.165) is 35.6 Å². The van der Waals surface area contributed by atoms with Gasteiger partial charge in [-0.25, -0.2) is 14.3 Å². The molecule has 1 amide bonds. The van der Waals surface area contributed by atoms with E-state index >= 15 is 0 Å². The first kappa shape index (κ1) is 19.2. The predicted octanol–water partition coefficient (Wildman–Crippen LogP) is 1.78. The molecule has 0 saturated carbocycles. The molecule has 152 valence electrons. The van der Waals surface area contributed by atoms with E-state index in [0.29, 0.717) is 13.1 Å². The minimum atomic E-state index is -0.792. The fraction of sp³-hybridized carbons (Fsp3) is 0.350. The summed E-state index contributed by atoms with van der Waals surface area (Å²) in [6.07, 6.45) is 2.98. The summed E-state index contributed by atoms with van der Waals surface area (Å²) in [5, 5.41) is 7.72. The molecule has 0 bridgehead atoms. The number of aryl methyl sites for hydroxylation is 1. The lowest BCUT2D eigenvalue weighted by atomic mass is 10.0. The highest BCUT2D eigenvalue weighted by Gasteiger charge is 2.29. The Morgan fingerprint density at radius 3 is 3.03 bits per heavy atom. The number of piperidine rings is 1. The van der Waals surface area contributed by atoms with Gasteiger partial charge in [0.05, 0.1) is 0 Å². The van der Waals surface area contributed by atoms with Crippen LogP contribution in [0.4, 0.5) is 16.3 Å². The van der Waals surface area contributed by atoms with Gasteiger partial charge in [-0.15, -0.1) is 0 Å². The van der Waals surface area contributed by atoms with Gasteiger partial charge in [0.15, 0.2) is 5.82 Å². The molecule has 29 heavy (non-hydrogen) atoms. The van der Waals surface area contributed by atoms with E-state index in [1.54, 1.807) is 0 Å². The molecule has 0 unspecified atom stereocenters. The maximum Gasteiger partial charge on any atom is 0.404 e. The molecule has 3 heterocycles. The normalized spacial score (nSPS) is 19.9. The number of hydrogen-bond donors (Lipinski definition) is 3. The number of amides is 1. The van der Waals surface area contributed by atoms with Gasteiger partial charge in [0.1, 0.15) is 17.9 Å². The van der Waals surface area contributed by atoms with Crippen LogP contribution < -0.4 is 16.8 Å². The number of ether oxygens (including phenoxy) is 1. The van der Waals surface area contributed by atoms with Crippen LogP contribution in [0.3, 0.4) is 0 Å². The maximum absolute atomic E-state index is 11.2. The van der Waals surface area contributed by atoms with Gasteiger partial charge in [-0.1, -0.05) is 12.1 Å². The van der Waals surface area contributed by atoms with Crippen LogP contribution in [0.5, 0.6) is 0 Å². The highest BCUT2D eigenvalue weighted by Crippen LogP contribution is 2.25. The van der Waals surface area contributed by atoms with Crippen molar-refractivity contribution in [2.24, 2.45) is 11.5 Å². The Kier molecular flexibility index (Phi) is 5.32. The lowest BCUT2D eigenvalue weighted by Crippen LogP contribution is -2.52. The van der Waals surface area contributed by atoms with Gasteiger partial charge in [-0.3, -0.25) is 4.90 Å².